The predicted molar refractivity (Wildman–Crippen MR) is 82.8 cm³/mol. The fourth-order valence-electron chi connectivity index (χ4n) is 2.83. The van der Waals surface area contributed by atoms with Gasteiger partial charge in [-0.2, -0.15) is 0 Å². The van der Waals surface area contributed by atoms with Crippen LogP contribution in [0.1, 0.15) is 18.7 Å². The van der Waals surface area contributed by atoms with Crippen molar-refractivity contribution in [1.29, 1.82) is 0 Å². The Labute approximate surface area is 125 Å². The van der Waals surface area contributed by atoms with Crippen LogP contribution in [0.5, 0.6) is 0 Å². The molecule has 1 atom stereocenters. The van der Waals surface area contributed by atoms with Crippen LogP contribution in [0.25, 0.3) is 0 Å². The van der Waals surface area contributed by atoms with Crippen LogP contribution >= 0.6 is 0 Å². The van der Waals surface area contributed by atoms with Crippen molar-refractivity contribution < 1.29 is 4.39 Å². The molecule has 1 unspecified atom stereocenters. The molecular weight excluding hydrogens is 265 g/mol. The van der Waals surface area contributed by atoms with Crippen molar-refractivity contribution >= 4 is 5.69 Å². The van der Waals surface area contributed by atoms with E-state index in [2.05, 4.69) is 27.8 Å². The monoisotopic (exact) mass is 285 g/mol. The van der Waals surface area contributed by atoms with Gasteiger partial charge in [0.25, 0.3) is 0 Å². The van der Waals surface area contributed by atoms with Gasteiger partial charge in [-0.25, -0.2) is 4.39 Å². The van der Waals surface area contributed by atoms with Crippen molar-refractivity contribution in [2.24, 2.45) is 0 Å². The first-order valence-corrected chi connectivity index (χ1v) is 7.39. The van der Waals surface area contributed by atoms with E-state index in [1.165, 1.54) is 12.1 Å². The van der Waals surface area contributed by atoms with E-state index in [1.54, 1.807) is 0 Å². The van der Waals surface area contributed by atoms with Gasteiger partial charge in [0.15, 0.2) is 0 Å². The van der Waals surface area contributed by atoms with E-state index in [0.717, 1.165) is 37.6 Å². The number of hydrogen-bond acceptors (Lipinski definition) is 3. The largest absolute Gasteiger partial charge is 0.369 e. The van der Waals surface area contributed by atoms with Crippen LogP contribution in [0.3, 0.4) is 0 Å². The first-order valence-electron chi connectivity index (χ1n) is 7.39. The zero-order valence-corrected chi connectivity index (χ0v) is 12.2. The fourth-order valence-corrected chi connectivity index (χ4v) is 2.83. The summed E-state index contributed by atoms with van der Waals surface area (Å²) in [5, 5.41) is 0. The standard InChI is InChI=1S/C17H20FN3/c1-14(17-4-2-3-9-19-17)20-10-12-21(13-11-20)16-7-5-15(18)6-8-16/h2-9,14H,10-13H2,1H3. The molecule has 2 heterocycles. The van der Waals surface area contributed by atoms with Crippen molar-refractivity contribution in [3.63, 3.8) is 0 Å². The fraction of sp³-hybridized carbons (Fsp3) is 0.353. The van der Waals surface area contributed by atoms with Crippen molar-refractivity contribution in [2.45, 2.75) is 13.0 Å². The minimum Gasteiger partial charge on any atom is -0.369 e. The molecule has 1 aliphatic rings. The number of benzene rings is 1. The Morgan fingerprint density at radius 3 is 2.33 bits per heavy atom. The molecule has 1 saturated heterocycles. The average Bonchev–Trinajstić information content (AvgIpc) is 2.56. The molecule has 0 radical (unpaired) electrons. The van der Waals surface area contributed by atoms with Gasteiger partial charge < -0.3 is 4.90 Å². The molecule has 4 heteroatoms. The summed E-state index contributed by atoms with van der Waals surface area (Å²) in [6, 6.07) is 13.2. The summed E-state index contributed by atoms with van der Waals surface area (Å²) in [6.45, 7) is 6.12. The highest BCUT2D eigenvalue weighted by atomic mass is 19.1. The van der Waals surface area contributed by atoms with Gasteiger partial charge in [0, 0.05) is 44.1 Å². The lowest BCUT2D eigenvalue weighted by molar-refractivity contribution is 0.195. The van der Waals surface area contributed by atoms with Gasteiger partial charge in [0.05, 0.1) is 5.69 Å². The van der Waals surface area contributed by atoms with Gasteiger partial charge in [-0.3, -0.25) is 9.88 Å². The Hall–Kier alpha value is -1.94. The van der Waals surface area contributed by atoms with Gasteiger partial charge >= 0.3 is 0 Å². The molecule has 1 aliphatic heterocycles. The summed E-state index contributed by atoms with van der Waals surface area (Å²) >= 11 is 0. The van der Waals surface area contributed by atoms with Crippen molar-refractivity contribution in [1.82, 2.24) is 9.88 Å². The van der Waals surface area contributed by atoms with Gasteiger partial charge in [-0.1, -0.05) is 6.07 Å². The van der Waals surface area contributed by atoms with Crippen molar-refractivity contribution in [3.05, 3.63) is 60.2 Å². The summed E-state index contributed by atoms with van der Waals surface area (Å²) in [7, 11) is 0. The van der Waals surface area contributed by atoms with Crippen LogP contribution in [0.4, 0.5) is 10.1 Å². The molecule has 3 nitrogen and oxygen atoms in total. The average molecular weight is 285 g/mol. The molecule has 1 aromatic carbocycles. The highest BCUT2D eigenvalue weighted by Gasteiger charge is 2.22. The van der Waals surface area contributed by atoms with Gasteiger partial charge in [0.1, 0.15) is 5.82 Å². The predicted octanol–water partition coefficient (Wildman–Crippen LogP) is 3.10. The summed E-state index contributed by atoms with van der Waals surface area (Å²) < 4.78 is 13.0. The summed E-state index contributed by atoms with van der Waals surface area (Å²) in [5.41, 5.74) is 2.22. The Bertz CT molecular complexity index is 562. The first-order chi connectivity index (χ1) is 10.2. The Balaban J connectivity index is 1.61. The molecule has 0 bridgehead atoms. The van der Waals surface area contributed by atoms with Crippen molar-refractivity contribution in [3.8, 4) is 0 Å². The van der Waals surface area contributed by atoms with E-state index >= 15 is 0 Å². The summed E-state index contributed by atoms with van der Waals surface area (Å²) in [5.74, 6) is -0.179. The molecule has 0 spiro atoms. The van der Waals surface area contributed by atoms with E-state index in [4.69, 9.17) is 0 Å². The van der Waals surface area contributed by atoms with E-state index in [1.807, 2.05) is 30.5 Å². The molecule has 0 aliphatic carbocycles. The molecule has 0 saturated carbocycles. The zero-order chi connectivity index (χ0) is 14.7. The quantitative estimate of drug-likeness (QED) is 0.864. The van der Waals surface area contributed by atoms with Gasteiger partial charge in [-0.15, -0.1) is 0 Å². The highest BCUT2D eigenvalue weighted by molar-refractivity contribution is 5.46. The third kappa shape index (κ3) is 3.22. The smallest absolute Gasteiger partial charge is 0.123 e. The number of nitrogens with zero attached hydrogens (tertiary/aromatic N) is 3. The van der Waals surface area contributed by atoms with E-state index in [9.17, 15) is 4.39 Å². The molecule has 2 aromatic rings. The van der Waals surface area contributed by atoms with Crippen LogP contribution in [0.2, 0.25) is 0 Å². The molecule has 0 amide bonds. The molecule has 1 fully saturated rings. The first kappa shape index (κ1) is 14.0. The van der Waals surface area contributed by atoms with Crippen LogP contribution in [-0.4, -0.2) is 36.1 Å². The molecule has 1 aromatic heterocycles. The zero-order valence-electron chi connectivity index (χ0n) is 12.2. The lowest BCUT2D eigenvalue weighted by Gasteiger charge is -2.38. The normalized spacial score (nSPS) is 17.7. The molecule has 0 N–H and O–H groups in total. The number of hydrogen-bond donors (Lipinski definition) is 0. The maximum atomic E-state index is 13.0. The summed E-state index contributed by atoms with van der Waals surface area (Å²) in [4.78, 5) is 9.20. The minimum absolute atomic E-state index is 0.179. The minimum atomic E-state index is -0.179. The Kier molecular flexibility index (Phi) is 4.15. The number of halogens is 1. The van der Waals surface area contributed by atoms with Crippen molar-refractivity contribution in [2.75, 3.05) is 31.1 Å². The second kappa shape index (κ2) is 6.22. The molecule has 110 valence electrons. The lowest BCUT2D eigenvalue weighted by Crippen LogP contribution is -2.47. The van der Waals surface area contributed by atoms with E-state index in [-0.39, 0.29) is 5.82 Å². The molecule has 21 heavy (non-hydrogen) atoms. The maximum absolute atomic E-state index is 13.0. The van der Waals surface area contributed by atoms with Crippen LogP contribution in [0.15, 0.2) is 48.7 Å². The molecule has 3 rings (SSSR count). The number of aromatic nitrogens is 1. The lowest BCUT2D eigenvalue weighted by atomic mass is 10.1. The summed E-state index contributed by atoms with van der Waals surface area (Å²) in [6.07, 6.45) is 1.85. The van der Waals surface area contributed by atoms with E-state index in [0.29, 0.717) is 6.04 Å². The number of anilines is 1. The number of rotatable bonds is 3. The van der Waals surface area contributed by atoms with Gasteiger partial charge in [0.2, 0.25) is 0 Å². The van der Waals surface area contributed by atoms with Crippen LogP contribution < -0.4 is 4.90 Å². The highest BCUT2D eigenvalue weighted by Crippen LogP contribution is 2.22. The van der Waals surface area contributed by atoms with Crippen LogP contribution in [-0.2, 0) is 0 Å². The number of piperazine rings is 1. The molecular formula is C17H20FN3. The Morgan fingerprint density at radius 2 is 1.71 bits per heavy atom. The van der Waals surface area contributed by atoms with E-state index < -0.39 is 0 Å². The van der Waals surface area contributed by atoms with Crippen LogP contribution in [0, 0.1) is 5.82 Å². The van der Waals surface area contributed by atoms with Gasteiger partial charge in [-0.05, 0) is 43.3 Å². The third-order valence-electron chi connectivity index (χ3n) is 4.17. The SMILES string of the molecule is CC(c1ccccn1)N1CCN(c2ccc(F)cc2)CC1. The number of pyridine rings is 1. The maximum Gasteiger partial charge on any atom is 0.123 e. The topological polar surface area (TPSA) is 19.4 Å². The third-order valence-corrected chi connectivity index (χ3v) is 4.17. The second-order valence-electron chi connectivity index (χ2n) is 5.43. The Morgan fingerprint density at radius 1 is 1.00 bits per heavy atom. The second-order valence-corrected chi connectivity index (χ2v) is 5.43.